The molecule has 0 amide bonds. The van der Waals surface area contributed by atoms with E-state index in [1.807, 2.05) is 6.92 Å². The number of hydrogen-bond acceptors (Lipinski definition) is 4. The van der Waals surface area contributed by atoms with Crippen LogP contribution in [0.2, 0.25) is 10.0 Å². The maximum atomic E-state index is 11.0. The fourth-order valence-corrected chi connectivity index (χ4v) is 2.82. The number of carbonyl (C=O) groups excluding carboxylic acids is 1. The predicted octanol–water partition coefficient (Wildman–Crippen LogP) is 3.93. The minimum absolute atomic E-state index is 0. The van der Waals surface area contributed by atoms with Gasteiger partial charge in [0.15, 0.2) is 5.96 Å². The highest BCUT2D eigenvalue weighted by Gasteiger charge is 2.09. The Labute approximate surface area is 188 Å². The molecule has 1 unspecified atom stereocenters. The maximum absolute atomic E-state index is 11.0. The highest BCUT2D eigenvalue weighted by atomic mass is 127. The van der Waals surface area contributed by atoms with Crippen LogP contribution in [0, 0.1) is 0 Å². The van der Waals surface area contributed by atoms with Crippen molar-refractivity contribution >= 4 is 59.1 Å². The minimum Gasteiger partial charge on any atom is -0.469 e. The summed E-state index contributed by atoms with van der Waals surface area (Å²) in [6, 6.07) is 4.97. The highest BCUT2D eigenvalue weighted by Crippen LogP contribution is 2.23. The largest absolute Gasteiger partial charge is 0.469 e. The average molecular weight is 532 g/mol. The molecule has 9 heteroatoms. The van der Waals surface area contributed by atoms with E-state index in [-0.39, 0.29) is 36.5 Å². The van der Waals surface area contributed by atoms with Gasteiger partial charge in [0.2, 0.25) is 0 Å². The molecule has 1 atom stereocenters. The summed E-state index contributed by atoms with van der Waals surface area (Å²) in [5.41, 5.74) is 0.630. The lowest BCUT2D eigenvalue weighted by atomic mass is 10.1. The summed E-state index contributed by atoms with van der Waals surface area (Å²) in [5, 5.41) is 17.6. The SMILES string of the molecule is CCNC(=NCC(O)c1cc(Cl)cc(Cl)c1)NCCCCCC(=O)OC.I. The van der Waals surface area contributed by atoms with E-state index in [9.17, 15) is 9.90 Å². The van der Waals surface area contributed by atoms with Crippen molar-refractivity contribution in [1.29, 1.82) is 0 Å². The molecule has 154 valence electrons. The molecule has 0 aromatic heterocycles. The molecule has 0 fully saturated rings. The molecule has 0 saturated heterocycles. The quantitative estimate of drug-likeness (QED) is 0.140. The van der Waals surface area contributed by atoms with Crippen molar-refractivity contribution in [2.24, 2.45) is 4.99 Å². The van der Waals surface area contributed by atoms with Crippen LogP contribution in [0.4, 0.5) is 0 Å². The van der Waals surface area contributed by atoms with Gasteiger partial charge in [0.05, 0.1) is 19.8 Å². The monoisotopic (exact) mass is 531 g/mol. The minimum atomic E-state index is -0.790. The summed E-state index contributed by atoms with van der Waals surface area (Å²) in [6.07, 6.45) is 2.29. The number of halogens is 3. The van der Waals surface area contributed by atoms with Crippen molar-refractivity contribution in [2.45, 2.75) is 38.7 Å². The second-order valence-electron chi connectivity index (χ2n) is 5.75. The number of nitrogens with one attached hydrogen (secondary N) is 2. The number of benzene rings is 1. The third-order valence-electron chi connectivity index (χ3n) is 3.61. The van der Waals surface area contributed by atoms with Crippen LogP contribution in [0.15, 0.2) is 23.2 Å². The molecule has 1 aromatic rings. The topological polar surface area (TPSA) is 83.0 Å². The third kappa shape index (κ3) is 11.6. The zero-order valence-electron chi connectivity index (χ0n) is 15.6. The Kier molecular flexibility index (Phi) is 14.8. The van der Waals surface area contributed by atoms with Crippen molar-refractivity contribution in [3.05, 3.63) is 33.8 Å². The molecule has 1 rings (SSSR count). The first-order valence-electron chi connectivity index (χ1n) is 8.69. The molecule has 0 radical (unpaired) electrons. The van der Waals surface area contributed by atoms with Gasteiger partial charge in [0.25, 0.3) is 0 Å². The highest BCUT2D eigenvalue weighted by molar-refractivity contribution is 14.0. The van der Waals surface area contributed by atoms with Gasteiger partial charge >= 0.3 is 5.97 Å². The third-order valence-corrected chi connectivity index (χ3v) is 4.05. The van der Waals surface area contributed by atoms with E-state index in [0.29, 0.717) is 34.5 Å². The van der Waals surface area contributed by atoms with E-state index < -0.39 is 6.10 Å². The van der Waals surface area contributed by atoms with Gasteiger partial charge in [-0.15, -0.1) is 24.0 Å². The van der Waals surface area contributed by atoms with Gasteiger partial charge in [-0.3, -0.25) is 9.79 Å². The number of carbonyl (C=O) groups is 1. The van der Waals surface area contributed by atoms with E-state index in [4.69, 9.17) is 23.2 Å². The second kappa shape index (κ2) is 15.2. The summed E-state index contributed by atoms with van der Waals surface area (Å²) >= 11 is 11.9. The van der Waals surface area contributed by atoms with Crippen LogP contribution in [0.25, 0.3) is 0 Å². The van der Waals surface area contributed by atoms with E-state index >= 15 is 0 Å². The van der Waals surface area contributed by atoms with Crippen molar-refractivity contribution in [3.8, 4) is 0 Å². The normalized spacial score (nSPS) is 12.1. The number of nitrogens with zero attached hydrogens (tertiary/aromatic N) is 1. The van der Waals surface area contributed by atoms with Crippen LogP contribution in [-0.2, 0) is 9.53 Å². The number of esters is 1. The summed E-state index contributed by atoms with van der Waals surface area (Å²) in [7, 11) is 1.40. The van der Waals surface area contributed by atoms with Gasteiger partial charge in [0.1, 0.15) is 0 Å². The molecule has 0 spiro atoms. The lowest BCUT2D eigenvalue weighted by Crippen LogP contribution is -2.38. The average Bonchev–Trinajstić information content (AvgIpc) is 2.60. The van der Waals surface area contributed by atoms with E-state index in [2.05, 4.69) is 20.4 Å². The fourth-order valence-electron chi connectivity index (χ4n) is 2.27. The lowest BCUT2D eigenvalue weighted by Gasteiger charge is -2.14. The zero-order valence-corrected chi connectivity index (χ0v) is 19.5. The van der Waals surface area contributed by atoms with Crippen LogP contribution in [0.3, 0.4) is 0 Å². The molecule has 1 aromatic carbocycles. The first kappa shape index (κ1) is 26.2. The van der Waals surface area contributed by atoms with Gasteiger partial charge in [-0.25, -0.2) is 0 Å². The molecule has 0 bridgehead atoms. The molecule has 0 aliphatic rings. The van der Waals surface area contributed by atoms with Gasteiger partial charge in [-0.1, -0.05) is 29.6 Å². The van der Waals surface area contributed by atoms with Gasteiger partial charge < -0.3 is 20.5 Å². The summed E-state index contributed by atoms with van der Waals surface area (Å²) in [5.74, 6) is 0.454. The second-order valence-corrected chi connectivity index (χ2v) is 6.62. The predicted molar refractivity (Wildman–Crippen MR) is 121 cm³/mol. The first-order chi connectivity index (χ1) is 12.5. The van der Waals surface area contributed by atoms with Gasteiger partial charge in [-0.05, 0) is 43.5 Å². The molecule has 6 nitrogen and oxygen atoms in total. The fraction of sp³-hybridized carbons (Fsp3) is 0.556. The molecule has 0 heterocycles. The molecule has 27 heavy (non-hydrogen) atoms. The number of rotatable bonds is 10. The number of guanidine groups is 1. The van der Waals surface area contributed by atoms with Crippen molar-refractivity contribution in [2.75, 3.05) is 26.7 Å². The number of methoxy groups -OCH3 is 1. The number of unbranched alkanes of at least 4 members (excludes halogenated alkanes) is 2. The molecule has 0 aliphatic carbocycles. The summed E-state index contributed by atoms with van der Waals surface area (Å²) < 4.78 is 4.61. The van der Waals surface area contributed by atoms with Crippen LogP contribution >= 0.6 is 47.2 Å². The van der Waals surface area contributed by atoms with Crippen molar-refractivity contribution < 1.29 is 14.6 Å². The maximum Gasteiger partial charge on any atom is 0.305 e. The molecular formula is C18H28Cl2IN3O3. The Balaban J connectivity index is 0.00000676. The zero-order chi connectivity index (χ0) is 19.4. The van der Waals surface area contributed by atoms with Crippen molar-refractivity contribution in [1.82, 2.24) is 10.6 Å². The molecular weight excluding hydrogens is 504 g/mol. The number of ether oxygens (including phenoxy) is 1. The smallest absolute Gasteiger partial charge is 0.305 e. The van der Waals surface area contributed by atoms with E-state index in [1.54, 1.807) is 18.2 Å². The Bertz CT molecular complexity index is 583. The Morgan fingerprint density at radius 1 is 1.19 bits per heavy atom. The first-order valence-corrected chi connectivity index (χ1v) is 9.45. The van der Waals surface area contributed by atoms with Crippen LogP contribution in [0.5, 0.6) is 0 Å². The number of hydrogen-bond donors (Lipinski definition) is 3. The van der Waals surface area contributed by atoms with Crippen LogP contribution in [0.1, 0.15) is 44.3 Å². The van der Waals surface area contributed by atoms with Gasteiger partial charge in [0, 0.05) is 29.6 Å². The van der Waals surface area contributed by atoms with Crippen molar-refractivity contribution in [3.63, 3.8) is 0 Å². The van der Waals surface area contributed by atoms with E-state index in [1.165, 1.54) is 7.11 Å². The Morgan fingerprint density at radius 3 is 2.44 bits per heavy atom. The van der Waals surface area contributed by atoms with Gasteiger partial charge in [-0.2, -0.15) is 0 Å². The Morgan fingerprint density at radius 2 is 1.85 bits per heavy atom. The van der Waals surface area contributed by atoms with Crippen LogP contribution < -0.4 is 10.6 Å². The number of aliphatic hydroxyl groups is 1. The molecule has 3 N–H and O–H groups in total. The molecule has 0 aliphatic heterocycles. The van der Waals surface area contributed by atoms with E-state index in [0.717, 1.165) is 25.8 Å². The summed E-state index contributed by atoms with van der Waals surface area (Å²) in [6.45, 7) is 3.61. The number of aliphatic imine (C=N–C) groups is 1. The Hall–Kier alpha value is -0.770. The number of aliphatic hydroxyl groups excluding tert-OH is 1. The van der Waals surface area contributed by atoms with Crippen LogP contribution in [-0.4, -0.2) is 43.8 Å². The lowest BCUT2D eigenvalue weighted by molar-refractivity contribution is -0.140. The summed E-state index contributed by atoms with van der Waals surface area (Å²) in [4.78, 5) is 15.4. The standard InChI is InChI=1S/C18H27Cl2N3O3.HI/c1-3-21-18(22-8-6-4-5-7-17(25)26-2)23-12-16(24)13-9-14(19)11-15(20)10-13;/h9-11,16,24H,3-8,12H2,1-2H3,(H2,21,22,23);1H. The molecule has 0 saturated carbocycles.